The molecule has 0 spiro atoms. The van der Waals surface area contributed by atoms with Crippen LogP contribution in [0.25, 0.3) is 11.5 Å². The van der Waals surface area contributed by atoms with E-state index in [4.69, 9.17) is 0 Å². The Bertz CT molecular complexity index is 1030. The van der Waals surface area contributed by atoms with Gasteiger partial charge in [0.2, 0.25) is 5.91 Å². The predicted molar refractivity (Wildman–Crippen MR) is 125 cm³/mol. The van der Waals surface area contributed by atoms with Crippen LogP contribution in [0.4, 0.5) is 11.4 Å². The summed E-state index contributed by atoms with van der Waals surface area (Å²) in [6.45, 7) is 8.92. The Morgan fingerprint density at radius 1 is 1.10 bits per heavy atom. The minimum atomic E-state index is -0.479. The standard InChI is InChI=1S/C23H28N6OS/c1-4-28(5-2)18-12-13-19(24-16-18)20-26-27-22(29(20)6-3)31-23(14-15-23)21(30)25-17-10-8-7-9-11-17/h7-13,16H,4-6,14-15H2,1-3H3,(H,25,30). The molecule has 1 aromatic carbocycles. The lowest BCUT2D eigenvalue weighted by atomic mass is 10.3. The van der Waals surface area contributed by atoms with Gasteiger partial charge >= 0.3 is 0 Å². The van der Waals surface area contributed by atoms with Crippen molar-refractivity contribution < 1.29 is 4.79 Å². The van der Waals surface area contributed by atoms with Crippen molar-refractivity contribution in [2.24, 2.45) is 0 Å². The lowest BCUT2D eigenvalue weighted by molar-refractivity contribution is -0.116. The molecule has 0 atom stereocenters. The van der Waals surface area contributed by atoms with Crippen molar-refractivity contribution in [3.05, 3.63) is 48.7 Å². The highest BCUT2D eigenvalue weighted by atomic mass is 32.2. The Morgan fingerprint density at radius 2 is 1.84 bits per heavy atom. The maximum atomic E-state index is 12.9. The normalized spacial score (nSPS) is 14.3. The zero-order valence-electron chi connectivity index (χ0n) is 18.2. The number of hydrogen-bond acceptors (Lipinski definition) is 6. The molecule has 1 amide bonds. The summed E-state index contributed by atoms with van der Waals surface area (Å²) in [6.07, 6.45) is 3.55. The molecule has 0 radical (unpaired) electrons. The molecule has 0 bridgehead atoms. The molecule has 7 nitrogen and oxygen atoms in total. The van der Waals surface area contributed by atoms with Crippen LogP contribution in [-0.2, 0) is 11.3 Å². The number of rotatable bonds is 9. The van der Waals surface area contributed by atoms with Gasteiger partial charge in [0.25, 0.3) is 0 Å². The van der Waals surface area contributed by atoms with Crippen LogP contribution < -0.4 is 10.2 Å². The minimum Gasteiger partial charge on any atom is -0.371 e. The first-order valence-corrected chi connectivity index (χ1v) is 11.6. The first kappa shape index (κ1) is 21.4. The second-order valence-corrected chi connectivity index (χ2v) is 8.89. The van der Waals surface area contributed by atoms with E-state index in [1.807, 2.05) is 47.2 Å². The van der Waals surface area contributed by atoms with E-state index in [2.05, 4.69) is 52.2 Å². The second kappa shape index (κ2) is 9.09. The zero-order valence-corrected chi connectivity index (χ0v) is 19.0. The van der Waals surface area contributed by atoms with Crippen LogP contribution in [-0.4, -0.2) is 43.5 Å². The number of carbonyl (C=O) groups excluding carboxylic acids is 1. The summed E-state index contributed by atoms with van der Waals surface area (Å²) in [7, 11) is 0. The van der Waals surface area contributed by atoms with Crippen LogP contribution in [0.5, 0.6) is 0 Å². The van der Waals surface area contributed by atoms with E-state index >= 15 is 0 Å². The number of nitrogens with zero attached hydrogens (tertiary/aromatic N) is 5. The maximum Gasteiger partial charge on any atom is 0.241 e. The second-order valence-electron chi connectivity index (χ2n) is 7.54. The van der Waals surface area contributed by atoms with E-state index in [1.54, 1.807) is 0 Å². The maximum absolute atomic E-state index is 12.9. The number of pyridine rings is 1. The Labute approximate surface area is 187 Å². The van der Waals surface area contributed by atoms with Crippen molar-refractivity contribution in [1.82, 2.24) is 19.7 Å². The number of nitrogens with one attached hydrogen (secondary N) is 1. The van der Waals surface area contributed by atoms with Gasteiger partial charge in [-0.15, -0.1) is 10.2 Å². The SMILES string of the molecule is CCN(CC)c1ccc(-c2nnc(SC3(C(=O)Nc4ccccc4)CC3)n2CC)nc1. The van der Waals surface area contributed by atoms with Crippen LogP contribution in [0.15, 0.2) is 53.8 Å². The van der Waals surface area contributed by atoms with Gasteiger partial charge in [-0.05, 0) is 57.9 Å². The number of amides is 1. The summed E-state index contributed by atoms with van der Waals surface area (Å²) in [5, 5.41) is 12.6. The molecule has 0 aliphatic heterocycles. The number of aromatic nitrogens is 4. The van der Waals surface area contributed by atoms with Crippen molar-refractivity contribution in [2.45, 2.75) is 50.1 Å². The Balaban J connectivity index is 1.53. The fourth-order valence-corrected chi connectivity index (χ4v) is 4.77. The first-order chi connectivity index (χ1) is 15.1. The topological polar surface area (TPSA) is 75.9 Å². The van der Waals surface area contributed by atoms with Gasteiger partial charge in [0.1, 0.15) is 10.4 Å². The molecule has 0 saturated heterocycles. The van der Waals surface area contributed by atoms with Crippen molar-refractivity contribution in [2.75, 3.05) is 23.3 Å². The van der Waals surface area contributed by atoms with E-state index in [-0.39, 0.29) is 5.91 Å². The fraction of sp³-hybridized carbons (Fsp3) is 0.391. The molecule has 4 rings (SSSR count). The van der Waals surface area contributed by atoms with Gasteiger partial charge in [-0.1, -0.05) is 30.0 Å². The quantitative estimate of drug-likeness (QED) is 0.533. The van der Waals surface area contributed by atoms with Gasteiger partial charge in [-0.2, -0.15) is 0 Å². The van der Waals surface area contributed by atoms with Crippen LogP contribution >= 0.6 is 11.8 Å². The minimum absolute atomic E-state index is 0.0256. The Hall–Kier alpha value is -2.87. The van der Waals surface area contributed by atoms with E-state index in [0.29, 0.717) is 6.54 Å². The average molecular weight is 437 g/mol. The summed E-state index contributed by atoms with van der Waals surface area (Å²) in [5.41, 5.74) is 2.70. The molecular formula is C23H28N6OS. The van der Waals surface area contributed by atoms with Gasteiger partial charge < -0.3 is 14.8 Å². The van der Waals surface area contributed by atoms with Gasteiger partial charge in [0.05, 0.1) is 11.9 Å². The third-order valence-corrected chi connectivity index (χ3v) is 7.04. The molecule has 2 aromatic heterocycles. The number of carbonyl (C=O) groups is 1. The van der Waals surface area contributed by atoms with Gasteiger partial charge in [0.15, 0.2) is 11.0 Å². The van der Waals surface area contributed by atoms with Crippen molar-refractivity contribution in [1.29, 1.82) is 0 Å². The van der Waals surface area contributed by atoms with E-state index in [9.17, 15) is 4.79 Å². The van der Waals surface area contributed by atoms with Crippen molar-refractivity contribution >= 4 is 29.0 Å². The fourth-order valence-electron chi connectivity index (χ4n) is 3.56. The third-order valence-electron chi connectivity index (χ3n) is 5.57. The largest absolute Gasteiger partial charge is 0.371 e. The highest BCUT2D eigenvalue weighted by Crippen LogP contribution is 2.52. The lowest BCUT2D eigenvalue weighted by Gasteiger charge is -2.20. The molecule has 8 heteroatoms. The highest BCUT2D eigenvalue weighted by Gasteiger charge is 2.52. The van der Waals surface area contributed by atoms with E-state index in [0.717, 1.165) is 54.0 Å². The van der Waals surface area contributed by atoms with Gasteiger partial charge in [0, 0.05) is 25.3 Å². The summed E-state index contributed by atoms with van der Waals surface area (Å²) in [6, 6.07) is 13.6. The van der Waals surface area contributed by atoms with E-state index < -0.39 is 4.75 Å². The Morgan fingerprint density at radius 3 is 2.42 bits per heavy atom. The number of benzene rings is 1. The van der Waals surface area contributed by atoms with Gasteiger partial charge in [-0.3, -0.25) is 9.78 Å². The lowest BCUT2D eigenvalue weighted by Crippen LogP contribution is -2.27. The van der Waals surface area contributed by atoms with Crippen molar-refractivity contribution in [3.63, 3.8) is 0 Å². The Kier molecular flexibility index (Phi) is 6.27. The molecule has 1 aliphatic carbocycles. The molecule has 3 aromatic rings. The summed E-state index contributed by atoms with van der Waals surface area (Å²) in [4.78, 5) is 19.8. The van der Waals surface area contributed by atoms with Crippen LogP contribution in [0, 0.1) is 0 Å². The molecule has 1 aliphatic rings. The van der Waals surface area contributed by atoms with E-state index in [1.165, 1.54) is 11.8 Å². The molecule has 1 saturated carbocycles. The molecule has 1 N–H and O–H groups in total. The summed E-state index contributed by atoms with van der Waals surface area (Å²) in [5.74, 6) is 0.757. The van der Waals surface area contributed by atoms with Crippen LogP contribution in [0.1, 0.15) is 33.6 Å². The molecule has 162 valence electrons. The number of para-hydroxylation sites is 1. The third kappa shape index (κ3) is 4.44. The predicted octanol–water partition coefficient (Wildman–Crippen LogP) is 4.47. The van der Waals surface area contributed by atoms with Crippen LogP contribution in [0.3, 0.4) is 0 Å². The smallest absolute Gasteiger partial charge is 0.241 e. The molecule has 31 heavy (non-hydrogen) atoms. The monoisotopic (exact) mass is 436 g/mol. The molecule has 1 fully saturated rings. The number of anilines is 2. The summed E-state index contributed by atoms with van der Waals surface area (Å²) < 4.78 is 1.56. The molecule has 0 unspecified atom stereocenters. The number of thioether (sulfide) groups is 1. The summed E-state index contributed by atoms with van der Waals surface area (Å²) >= 11 is 1.51. The molecular weight excluding hydrogens is 408 g/mol. The average Bonchev–Trinajstić information content (AvgIpc) is 3.48. The zero-order chi connectivity index (χ0) is 21.8. The molecule has 2 heterocycles. The van der Waals surface area contributed by atoms with Gasteiger partial charge in [-0.25, -0.2) is 0 Å². The first-order valence-electron chi connectivity index (χ1n) is 10.8. The van der Waals surface area contributed by atoms with Crippen LogP contribution in [0.2, 0.25) is 0 Å². The number of hydrogen-bond donors (Lipinski definition) is 1. The highest BCUT2D eigenvalue weighted by molar-refractivity contribution is 8.01. The van der Waals surface area contributed by atoms with Crippen molar-refractivity contribution in [3.8, 4) is 11.5 Å².